The quantitative estimate of drug-likeness (QED) is 0.143. The standard InChI is InChI=1S/C61H54N2/c1-41-31-42(2)34-53(33-41)62(51-26-21-47(22-27-51)45-15-9-7-10-16-45)55-37-50(49-25-30-58-57-19-13-14-20-59(57)61(5,6)60(58)39-49)38-56(40-55)63(54-35-43(3)32-44(4)36-54)52-28-23-48(24-29-52)46-17-11-8-12-18-46/h7-13,15-19,21-40H,14,20H2,1-6H3. The fourth-order valence-electron chi connectivity index (χ4n) is 10.1. The zero-order valence-corrected chi connectivity index (χ0v) is 37.3. The highest BCUT2D eigenvalue weighted by molar-refractivity contribution is 5.91. The highest BCUT2D eigenvalue weighted by atomic mass is 15.2. The van der Waals surface area contributed by atoms with Crippen molar-refractivity contribution in [3.8, 4) is 33.4 Å². The van der Waals surface area contributed by atoms with Gasteiger partial charge in [0.15, 0.2) is 0 Å². The molecule has 0 heterocycles. The lowest BCUT2D eigenvalue weighted by atomic mass is 9.78. The van der Waals surface area contributed by atoms with Gasteiger partial charge in [0.1, 0.15) is 0 Å². The van der Waals surface area contributed by atoms with E-state index in [9.17, 15) is 0 Å². The molecule has 0 aromatic heterocycles. The summed E-state index contributed by atoms with van der Waals surface area (Å²) in [5.41, 5.74) is 24.5. The Balaban J connectivity index is 1.21. The van der Waals surface area contributed by atoms with Crippen LogP contribution in [0, 0.1) is 27.7 Å². The first-order chi connectivity index (χ1) is 30.6. The highest BCUT2D eigenvalue weighted by Gasteiger charge is 2.37. The van der Waals surface area contributed by atoms with Crippen LogP contribution in [0.1, 0.15) is 60.1 Å². The normalized spacial score (nSPS) is 13.7. The second-order valence-electron chi connectivity index (χ2n) is 18.1. The summed E-state index contributed by atoms with van der Waals surface area (Å²) in [6.07, 6.45) is 6.93. The summed E-state index contributed by atoms with van der Waals surface area (Å²) in [5.74, 6) is 0. The summed E-state index contributed by atoms with van der Waals surface area (Å²) in [6.45, 7) is 13.6. The van der Waals surface area contributed by atoms with Crippen molar-refractivity contribution in [1.29, 1.82) is 0 Å². The molecule has 0 bridgehead atoms. The van der Waals surface area contributed by atoms with Crippen LogP contribution in [0.4, 0.5) is 34.1 Å². The molecule has 0 unspecified atom stereocenters. The lowest BCUT2D eigenvalue weighted by Gasteiger charge is -2.31. The van der Waals surface area contributed by atoms with Crippen LogP contribution in [0.15, 0.2) is 200 Å². The van der Waals surface area contributed by atoms with Crippen LogP contribution in [-0.4, -0.2) is 0 Å². The minimum atomic E-state index is -0.0386. The molecule has 308 valence electrons. The fraction of sp³-hybridized carbons (Fsp3) is 0.148. The van der Waals surface area contributed by atoms with Crippen LogP contribution < -0.4 is 9.80 Å². The third-order valence-corrected chi connectivity index (χ3v) is 13.1. The Kier molecular flexibility index (Phi) is 10.3. The fourth-order valence-corrected chi connectivity index (χ4v) is 10.1. The van der Waals surface area contributed by atoms with E-state index in [-0.39, 0.29) is 5.41 Å². The number of anilines is 6. The largest absolute Gasteiger partial charge is 0.310 e. The molecule has 8 aromatic rings. The number of aryl methyl sites for hydroxylation is 4. The van der Waals surface area contributed by atoms with Gasteiger partial charge >= 0.3 is 0 Å². The van der Waals surface area contributed by atoms with Gasteiger partial charge in [0.05, 0.1) is 0 Å². The van der Waals surface area contributed by atoms with E-state index in [2.05, 4.69) is 245 Å². The van der Waals surface area contributed by atoms with E-state index in [1.54, 1.807) is 5.57 Å². The number of rotatable bonds is 9. The molecule has 0 radical (unpaired) electrons. The summed E-state index contributed by atoms with van der Waals surface area (Å²) in [7, 11) is 0. The number of nitrogens with zero attached hydrogens (tertiary/aromatic N) is 2. The molecule has 0 spiro atoms. The molecule has 0 aliphatic heterocycles. The predicted octanol–water partition coefficient (Wildman–Crippen LogP) is 17.3. The predicted molar refractivity (Wildman–Crippen MR) is 269 cm³/mol. The number of benzene rings is 8. The Morgan fingerprint density at radius 3 is 1.29 bits per heavy atom. The minimum absolute atomic E-state index is 0.0386. The van der Waals surface area contributed by atoms with E-state index in [0.29, 0.717) is 0 Å². The summed E-state index contributed by atoms with van der Waals surface area (Å²) in [6, 6.07) is 67.6. The Morgan fingerprint density at radius 1 is 0.381 bits per heavy atom. The maximum absolute atomic E-state index is 2.48. The van der Waals surface area contributed by atoms with Crippen molar-refractivity contribution in [2.75, 3.05) is 9.80 Å². The van der Waals surface area contributed by atoms with Crippen molar-refractivity contribution in [2.45, 2.75) is 59.8 Å². The molecular weight excluding hydrogens is 761 g/mol. The van der Waals surface area contributed by atoms with Gasteiger partial charge in [0, 0.05) is 39.5 Å². The van der Waals surface area contributed by atoms with Crippen LogP contribution in [0.25, 0.3) is 39.0 Å². The zero-order valence-electron chi connectivity index (χ0n) is 37.3. The smallest absolute Gasteiger partial charge is 0.0488 e. The van der Waals surface area contributed by atoms with Crippen molar-refractivity contribution in [2.24, 2.45) is 0 Å². The Labute approximate surface area is 374 Å². The van der Waals surface area contributed by atoms with Crippen LogP contribution in [0.3, 0.4) is 0 Å². The second-order valence-corrected chi connectivity index (χ2v) is 18.1. The molecule has 2 aliphatic carbocycles. The molecule has 8 aromatic carbocycles. The van der Waals surface area contributed by atoms with Crippen molar-refractivity contribution in [3.63, 3.8) is 0 Å². The Bertz CT molecular complexity index is 2840. The van der Waals surface area contributed by atoms with Gasteiger partial charge < -0.3 is 9.80 Å². The number of hydrogen-bond acceptors (Lipinski definition) is 2. The maximum Gasteiger partial charge on any atom is 0.0488 e. The van der Waals surface area contributed by atoms with E-state index >= 15 is 0 Å². The maximum atomic E-state index is 2.48. The van der Waals surface area contributed by atoms with Crippen molar-refractivity contribution >= 4 is 39.7 Å². The SMILES string of the molecule is Cc1cc(C)cc(N(c2ccc(-c3ccccc3)cc2)c2cc(-c3ccc4c(c3)C(C)(C)C3=C4C=CCC3)cc(N(c3ccc(-c4ccccc4)cc3)c3cc(C)cc(C)c3)c2)c1. The average Bonchev–Trinajstić information content (AvgIpc) is 3.52. The van der Waals surface area contributed by atoms with Gasteiger partial charge in [-0.15, -0.1) is 0 Å². The lowest BCUT2D eigenvalue weighted by molar-refractivity contribution is 0.607. The zero-order chi connectivity index (χ0) is 43.2. The van der Waals surface area contributed by atoms with Gasteiger partial charge in [-0.2, -0.15) is 0 Å². The van der Waals surface area contributed by atoms with Crippen molar-refractivity contribution in [3.05, 3.63) is 233 Å². The molecule has 0 amide bonds. The molecule has 0 fully saturated rings. The Morgan fingerprint density at radius 2 is 0.810 bits per heavy atom. The van der Waals surface area contributed by atoms with E-state index in [1.165, 1.54) is 72.3 Å². The minimum Gasteiger partial charge on any atom is -0.310 e. The lowest BCUT2D eigenvalue weighted by Crippen LogP contribution is -2.17. The van der Waals surface area contributed by atoms with Gasteiger partial charge in [-0.3, -0.25) is 0 Å². The highest BCUT2D eigenvalue weighted by Crippen LogP contribution is 2.52. The molecule has 2 aliphatic rings. The second kappa shape index (κ2) is 16.3. The first-order valence-electron chi connectivity index (χ1n) is 22.4. The van der Waals surface area contributed by atoms with Crippen LogP contribution in [0.2, 0.25) is 0 Å². The summed E-state index contributed by atoms with van der Waals surface area (Å²) >= 11 is 0. The van der Waals surface area contributed by atoms with E-state index in [1.807, 2.05) is 0 Å². The third kappa shape index (κ3) is 7.72. The van der Waals surface area contributed by atoms with Crippen molar-refractivity contribution < 1.29 is 0 Å². The van der Waals surface area contributed by atoms with Crippen LogP contribution in [0.5, 0.6) is 0 Å². The summed E-state index contributed by atoms with van der Waals surface area (Å²) in [5, 5.41) is 0. The van der Waals surface area contributed by atoms with Gasteiger partial charge in [0.25, 0.3) is 0 Å². The first kappa shape index (κ1) is 39.9. The third-order valence-electron chi connectivity index (χ3n) is 13.1. The van der Waals surface area contributed by atoms with Gasteiger partial charge in [-0.25, -0.2) is 0 Å². The molecular formula is C61H54N2. The van der Waals surface area contributed by atoms with E-state index in [0.717, 1.165) is 47.0 Å². The molecule has 0 saturated heterocycles. The molecule has 2 heteroatoms. The number of fused-ring (bicyclic) bond motifs is 2. The average molecular weight is 815 g/mol. The monoisotopic (exact) mass is 814 g/mol. The summed E-state index contributed by atoms with van der Waals surface area (Å²) in [4.78, 5) is 4.89. The van der Waals surface area contributed by atoms with E-state index < -0.39 is 0 Å². The first-order valence-corrected chi connectivity index (χ1v) is 22.4. The molecule has 0 N–H and O–H groups in total. The molecule has 0 atom stereocenters. The van der Waals surface area contributed by atoms with Gasteiger partial charge in [-0.1, -0.05) is 141 Å². The summed E-state index contributed by atoms with van der Waals surface area (Å²) < 4.78 is 0. The molecule has 63 heavy (non-hydrogen) atoms. The van der Waals surface area contributed by atoms with Crippen LogP contribution >= 0.6 is 0 Å². The molecule has 10 rings (SSSR count). The van der Waals surface area contributed by atoms with Gasteiger partial charge in [-0.05, 0) is 186 Å². The van der Waals surface area contributed by atoms with Crippen molar-refractivity contribution in [1.82, 2.24) is 0 Å². The number of allylic oxidation sites excluding steroid dienone is 4. The van der Waals surface area contributed by atoms with Crippen LogP contribution in [-0.2, 0) is 5.41 Å². The Hall–Kier alpha value is -7.16. The molecule has 2 nitrogen and oxygen atoms in total. The molecule has 0 saturated carbocycles. The van der Waals surface area contributed by atoms with Gasteiger partial charge in [0.2, 0.25) is 0 Å². The topological polar surface area (TPSA) is 6.48 Å². The van der Waals surface area contributed by atoms with E-state index in [4.69, 9.17) is 0 Å². The number of hydrogen-bond donors (Lipinski definition) is 0.